The molecule has 0 saturated carbocycles. The monoisotopic (exact) mass is 472 g/mol. The van der Waals surface area contributed by atoms with Crippen molar-refractivity contribution in [3.63, 3.8) is 0 Å². The van der Waals surface area contributed by atoms with Gasteiger partial charge in [-0.1, -0.05) is 37.3 Å². The average molecular weight is 473 g/mol. The Bertz CT molecular complexity index is 1120. The van der Waals surface area contributed by atoms with Gasteiger partial charge < -0.3 is 14.8 Å². The molecule has 3 rings (SSSR count). The van der Waals surface area contributed by atoms with E-state index in [1.807, 2.05) is 32.0 Å². The number of hydrogen-bond acceptors (Lipinski definition) is 6. The van der Waals surface area contributed by atoms with Crippen molar-refractivity contribution in [2.24, 2.45) is 0 Å². The molecule has 0 atom stereocenters. The van der Waals surface area contributed by atoms with E-state index in [2.05, 4.69) is 5.32 Å². The quantitative estimate of drug-likeness (QED) is 0.468. The average Bonchev–Trinajstić information content (AvgIpc) is 2.83. The Morgan fingerprint density at radius 3 is 2.48 bits per heavy atom. The van der Waals surface area contributed by atoms with Crippen molar-refractivity contribution in [1.29, 1.82) is 0 Å². The zero-order chi connectivity index (χ0) is 23.8. The molecule has 8 nitrogen and oxygen atoms in total. The molecule has 176 valence electrons. The smallest absolute Gasteiger partial charge is 0.331 e. The van der Waals surface area contributed by atoms with Gasteiger partial charge in [0.15, 0.2) is 6.61 Å². The van der Waals surface area contributed by atoms with E-state index in [0.29, 0.717) is 31.9 Å². The van der Waals surface area contributed by atoms with Gasteiger partial charge in [0.25, 0.3) is 5.91 Å². The molecule has 1 fully saturated rings. The van der Waals surface area contributed by atoms with E-state index in [0.717, 1.165) is 23.2 Å². The summed E-state index contributed by atoms with van der Waals surface area (Å²) >= 11 is 0. The number of morpholine rings is 1. The van der Waals surface area contributed by atoms with Crippen molar-refractivity contribution in [2.75, 3.05) is 38.2 Å². The highest BCUT2D eigenvalue weighted by molar-refractivity contribution is 7.89. The number of nitrogens with zero attached hydrogens (tertiary/aromatic N) is 1. The molecule has 1 amide bonds. The number of aryl methyl sites for hydroxylation is 2. The van der Waals surface area contributed by atoms with Crippen LogP contribution in [-0.2, 0) is 35.5 Å². The zero-order valence-electron chi connectivity index (χ0n) is 18.7. The van der Waals surface area contributed by atoms with Gasteiger partial charge in [-0.05, 0) is 48.2 Å². The van der Waals surface area contributed by atoms with Crippen LogP contribution in [0.5, 0.6) is 0 Å². The molecule has 0 spiro atoms. The molecule has 1 heterocycles. The first-order chi connectivity index (χ1) is 15.8. The molecule has 1 aliphatic rings. The second-order valence-corrected chi connectivity index (χ2v) is 9.48. The Hall–Kier alpha value is -3.01. The lowest BCUT2D eigenvalue weighted by atomic mass is 10.1. The summed E-state index contributed by atoms with van der Waals surface area (Å²) in [6.45, 7) is 4.91. The number of para-hydroxylation sites is 1. The van der Waals surface area contributed by atoms with Crippen molar-refractivity contribution >= 4 is 33.7 Å². The molecule has 0 bridgehead atoms. The van der Waals surface area contributed by atoms with Crippen LogP contribution >= 0.6 is 0 Å². The van der Waals surface area contributed by atoms with Crippen molar-refractivity contribution in [2.45, 2.75) is 25.2 Å². The molecule has 0 aliphatic carbocycles. The normalized spacial score (nSPS) is 14.8. The molecule has 2 aromatic rings. The molecule has 33 heavy (non-hydrogen) atoms. The first-order valence-corrected chi connectivity index (χ1v) is 12.2. The third-order valence-corrected chi connectivity index (χ3v) is 7.16. The van der Waals surface area contributed by atoms with Gasteiger partial charge in [0.2, 0.25) is 10.0 Å². The summed E-state index contributed by atoms with van der Waals surface area (Å²) in [5.74, 6) is -1.09. The molecule has 0 unspecified atom stereocenters. The van der Waals surface area contributed by atoms with Gasteiger partial charge in [-0.15, -0.1) is 0 Å². The highest BCUT2D eigenvalue weighted by Crippen LogP contribution is 2.21. The molecule has 9 heteroatoms. The lowest BCUT2D eigenvalue weighted by molar-refractivity contribution is -0.142. The number of benzene rings is 2. The number of nitrogens with one attached hydrogen (secondary N) is 1. The van der Waals surface area contributed by atoms with Gasteiger partial charge in [-0.3, -0.25) is 4.79 Å². The standard InChI is InChI=1S/C24H28N2O6S/c1-3-20-6-4-5-18(2)24(20)25-22(27)17-32-23(28)12-9-19-7-10-21(11-8-19)33(29,30)26-13-15-31-16-14-26/h4-12H,3,13-17H2,1-2H3,(H,25,27)/b12-9+. The predicted molar refractivity (Wildman–Crippen MR) is 125 cm³/mol. The van der Waals surface area contributed by atoms with Crippen molar-refractivity contribution in [3.8, 4) is 0 Å². The third kappa shape index (κ3) is 6.50. The summed E-state index contributed by atoms with van der Waals surface area (Å²) in [4.78, 5) is 24.4. The summed E-state index contributed by atoms with van der Waals surface area (Å²) in [6.07, 6.45) is 3.47. The predicted octanol–water partition coefficient (Wildman–Crippen LogP) is 2.77. The second-order valence-electron chi connectivity index (χ2n) is 7.54. The number of rotatable bonds is 8. The third-order valence-electron chi connectivity index (χ3n) is 5.25. The molecule has 1 N–H and O–H groups in total. The van der Waals surface area contributed by atoms with E-state index < -0.39 is 28.5 Å². The molecule has 1 saturated heterocycles. The van der Waals surface area contributed by atoms with Crippen LogP contribution in [0.25, 0.3) is 6.08 Å². The number of esters is 1. The van der Waals surface area contributed by atoms with Crippen LogP contribution in [0.2, 0.25) is 0 Å². The van der Waals surface area contributed by atoms with E-state index in [-0.39, 0.29) is 4.90 Å². The maximum absolute atomic E-state index is 12.6. The molecule has 0 aromatic heterocycles. The number of amides is 1. The summed E-state index contributed by atoms with van der Waals surface area (Å²) in [5.41, 5.74) is 3.31. The first-order valence-electron chi connectivity index (χ1n) is 10.7. The van der Waals surface area contributed by atoms with Crippen LogP contribution < -0.4 is 5.32 Å². The van der Waals surface area contributed by atoms with Crippen LogP contribution in [0.15, 0.2) is 53.4 Å². The van der Waals surface area contributed by atoms with E-state index in [1.165, 1.54) is 28.6 Å². The maximum Gasteiger partial charge on any atom is 0.331 e. The van der Waals surface area contributed by atoms with Gasteiger partial charge in [0.1, 0.15) is 0 Å². The fraction of sp³-hybridized carbons (Fsp3) is 0.333. The van der Waals surface area contributed by atoms with E-state index >= 15 is 0 Å². The Kier molecular flexibility index (Phi) is 8.37. The number of hydrogen-bond donors (Lipinski definition) is 1. The summed E-state index contributed by atoms with van der Waals surface area (Å²) < 4.78 is 36.9. The zero-order valence-corrected chi connectivity index (χ0v) is 19.6. The topological polar surface area (TPSA) is 102 Å². The van der Waals surface area contributed by atoms with E-state index in [1.54, 1.807) is 12.1 Å². The van der Waals surface area contributed by atoms with Gasteiger partial charge in [-0.2, -0.15) is 4.31 Å². The summed E-state index contributed by atoms with van der Waals surface area (Å²) in [5, 5.41) is 2.80. The van der Waals surface area contributed by atoms with E-state index in [4.69, 9.17) is 9.47 Å². The van der Waals surface area contributed by atoms with Gasteiger partial charge in [0, 0.05) is 24.9 Å². The number of carbonyl (C=O) groups excluding carboxylic acids is 2. The number of anilines is 1. The van der Waals surface area contributed by atoms with Crippen molar-refractivity contribution < 1.29 is 27.5 Å². The summed E-state index contributed by atoms with van der Waals surface area (Å²) in [7, 11) is -3.57. The summed E-state index contributed by atoms with van der Waals surface area (Å²) in [6, 6.07) is 12.0. The van der Waals surface area contributed by atoms with E-state index in [9.17, 15) is 18.0 Å². The Balaban J connectivity index is 1.53. The van der Waals surface area contributed by atoms with Crippen LogP contribution in [0.4, 0.5) is 5.69 Å². The first kappa shape index (κ1) is 24.6. The lowest BCUT2D eigenvalue weighted by Gasteiger charge is -2.26. The van der Waals surface area contributed by atoms with Crippen LogP contribution in [-0.4, -0.2) is 57.5 Å². The number of sulfonamides is 1. The van der Waals surface area contributed by atoms with Gasteiger partial charge >= 0.3 is 5.97 Å². The highest BCUT2D eigenvalue weighted by atomic mass is 32.2. The van der Waals surface area contributed by atoms with Crippen LogP contribution in [0.3, 0.4) is 0 Å². The minimum atomic E-state index is -3.57. The molecular weight excluding hydrogens is 444 g/mol. The highest BCUT2D eigenvalue weighted by Gasteiger charge is 2.25. The fourth-order valence-electron chi connectivity index (χ4n) is 3.41. The van der Waals surface area contributed by atoms with Crippen LogP contribution in [0.1, 0.15) is 23.6 Å². The van der Waals surface area contributed by atoms with Gasteiger partial charge in [-0.25, -0.2) is 13.2 Å². The second kappa shape index (κ2) is 11.2. The number of carbonyl (C=O) groups is 2. The van der Waals surface area contributed by atoms with Crippen LogP contribution in [0, 0.1) is 6.92 Å². The van der Waals surface area contributed by atoms with Crippen molar-refractivity contribution in [3.05, 3.63) is 65.2 Å². The fourth-order valence-corrected chi connectivity index (χ4v) is 4.82. The maximum atomic E-state index is 12.6. The Morgan fingerprint density at radius 2 is 1.82 bits per heavy atom. The Labute approximate surface area is 194 Å². The number of ether oxygens (including phenoxy) is 2. The minimum Gasteiger partial charge on any atom is -0.452 e. The molecule has 1 aliphatic heterocycles. The SMILES string of the molecule is CCc1cccc(C)c1NC(=O)COC(=O)/C=C/c1ccc(S(=O)(=O)N2CCOCC2)cc1. The molecule has 0 radical (unpaired) electrons. The largest absolute Gasteiger partial charge is 0.452 e. The molecular formula is C24H28N2O6S. The minimum absolute atomic E-state index is 0.184. The molecule has 2 aromatic carbocycles. The lowest BCUT2D eigenvalue weighted by Crippen LogP contribution is -2.40. The van der Waals surface area contributed by atoms with Gasteiger partial charge in [0.05, 0.1) is 18.1 Å². The Morgan fingerprint density at radius 1 is 1.12 bits per heavy atom. The van der Waals surface area contributed by atoms with Crippen molar-refractivity contribution in [1.82, 2.24) is 4.31 Å².